The maximum Gasteiger partial charge on any atom is 0.133 e. The van der Waals surface area contributed by atoms with Crippen LogP contribution in [0.4, 0.5) is 5.82 Å². The van der Waals surface area contributed by atoms with Gasteiger partial charge >= 0.3 is 0 Å². The summed E-state index contributed by atoms with van der Waals surface area (Å²) in [7, 11) is 1.68. The third-order valence-corrected chi connectivity index (χ3v) is 4.88. The van der Waals surface area contributed by atoms with E-state index in [1.807, 2.05) is 47.1 Å². The molecule has 1 aromatic heterocycles. The van der Waals surface area contributed by atoms with Gasteiger partial charge in [0.05, 0.1) is 12.8 Å². The van der Waals surface area contributed by atoms with E-state index in [1.54, 1.807) is 7.11 Å². The van der Waals surface area contributed by atoms with Crippen molar-refractivity contribution in [1.29, 1.82) is 0 Å². The fraction of sp³-hybridized carbons (Fsp3) is 0.167. The molecule has 6 heteroatoms. The number of anilines is 1. The van der Waals surface area contributed by atoms with Crippen LogP contribution >= 0.6 is 27.5 Å². The Morgan fingerprint density at radius 3 is 2.75 bits per heavy atom. The van der Waals surface area contributed by atoms with E-state index in [1.165, 1.54) is 5.56 Å². The van der Waals surface area contributed by atoms with E-state index in [0.717, 1.165) is 46.0 Å². The second kappa shape index (κ2) is 6.15. The van der Waals surface area contributed by atoms with Crippen molar-refractivity contribution in [2.24, 2.45) is 0 Å². The van der Waals surface area contributed by atoms with Gasteiger partial charge in [-0.15, -0.1) is 0 Å². The van der Waals surface area contributed by atoms with Crippen LogP contribution in [0.1, 0.15) is 5.56 Å². The van der Waals surface area contributed by atoms with Crippen LogP contribution in [0.3, 0.4) is 0 Å². The van der Waals surface area contributed by atoms with Crippen molar-refractivity contribution in [3.05, 3.63) is 57.5 Å². The van der Waals surface area contributed by atoms with E-state index < -0.39 is 0 Å². The molecule has 0 aliphatic carbocycles. The molecule has 2 heterocycles. The average molecular weight is 405 g/mol. The summed E-state index contributed by atoms with van der Waals surface area (Å²) in [6, 6.07) is 13.7. The minimum atomic E-state index is 0.712. The van der Waals surface area contributed by atoms with Crippen molar-refractivity contribution in [1.82, 2.24) is 9.78 Å². The van der Waals surface area contributed by atoms with E-state index in [2.05, 4.69) is 21.2 Å². The zero-order chi connectivity index (χ0) is 16.7. The number of fused-ring (bicyclic) bond motifs is 1. The predicted molar refractivity (Wildman–Crippen MR) is 100 cm³/mol. The first-order valence-corrected chi connectivity index (χ1v) is 8.80. The Balaban J connectivity index is 1.91. The van der Waals surface area contributed by atoms with Crippen molar-refractivity contribution in [2.75, 3.05) is 19.0 Å². The molecule has 4 nitrogen and oxygen atoms in total. The van der Waals surface area contributed by atoms with Crippen molar-refractivity contribution in [3.8, 4) is 22.7 Å². The normalized spacial score (nSPS) is 12.8. The summed E-state index contributed by atoms with van der Waals surface area (Å²) >= 11 is 9.55. The second-order valence-electron chi connectivity index (χ2n) is 5.59. The Hall–Kier alpha value is -1.98. The first kappa shape index (κ1) is 15.5. The van der Waals surface area contributed by atoms with Gasteiger partial charge in [0.25, 0.3) is 0 Å². The highest BCUT2D eigenvalue weighted by Gasteiger charge is 2.25. The Kier molecular flexibility index (Phi) is 3.98. The largest absolute Gasteiger partial charge is 0.496 e. The molecule has 1 N–H and O–H groups in total. The van der Waals surface area contributed by atoms with Crippen molar-refractivity contribution in [2.45, 2.75) is 6.42 Å². The van der Waals surface area contributed by atoms with Crippen LogP contribution in [0, 0.1) is 0 Å². The summed E-state index contributed by atoms with van der Waals surface area (Å²) in [6.07, 6.45) is 0.938. The van der Waals surface area contributed by atoms with Crippen LogP contribution in [0.15, 0.2) is 46.9 Å². The third-order valence-electron chi connectivity index (χ3n) is 4.14. The summed E-state index contributed by atoms with van der Waals surface area (Å²) in [5.41, 5.74) is 4.12. The molecule has 2 aromatic carbocycles. The molecule has 0 spiro atoms. The number of ether oxygens (including phenoxy) is 1. The van der Waals surface area contributed by atoms with Crippen molar-refractivity contribution in [3.63, 3.8) is 0 Å². The average Bonchev–Trinajstić information content (AvgIpc) is 3.18. The third kappa shape index (κ3) is 2.58. The molecular formula is C18H15BrClN3O. The lowest BCUT2D eigenvalue weighted by atomic mass is 10.1. The topological polar surface area (TPSA) is 39.1 Å². The SMILES string of the molecule is COc1ccc(Br)cc1-c1nn(-c2ccc(Cl)cc2)c2c1CCN2. The van der Waals surface area contributed by atoms with Crippen LogP contribution in [0.2, 0.25) is 5.02 Å². The lowest BCUT2D eigenvalue weighted by Crippen LogP contribution is -2.04. The van der Waals surface area contributed by atoms with E-state index in [4.69, 9.17) is 21.4 Å². The van der Waals surface area contributed by atoms with Gasteiger partial charge in [0, 0.05) is 27.2 Å². The highest BCUT2D eigenvalue weighted by Crippen LogP contribution is 2.39. The Bertz CT molecular complexity index is 905. The van der Waals surface area contributed by atoms with Gasteiger partial charge in [-0.05, 0) is 48.9 Å². The molecule has 0 unspecified atom stereocenters. The Labute approximate surface area is 153 Å². The Morgan fingerprint density at radius 1 is 1.21 bits per heavy atom. The molecular weight excluding hydrogens is 390 g/mol. The molecule has 24 heavy (non-hydrogen) atoms. The standard InChI is InChI=1S/C18H15BrClN3O/c1-24-16-7-2-11(19)10-15(16)17-14-8-9-21-18(14)23(22-17)13-5-3-12(20)4-6-13/h2-7,10,21H,8-9H2,1H3. The summed E-state index contributed by atoms with van der Waals surface area (Å²) < 4.78 is 8.48. The predicted octanol–water partition coefficient (Wildman–Crippen LogP) is 4.93. The maximum atomic E-state index is 6.01. The number of nitrogens with one attached hydrogen (secondary N) is 1. The van der Waals surface area contributed by atoms with E-state index in [9.17, 15) is 0 Å². The summed E-state index contributed by atoms with van der Waals surface area (Å²) in [5, 5.41) is 9.01. The first-order valence-electron chi connectivity index (χ1n) is 7.63. The summed E-state index contributed by atoms with van der Waals surface area (Å²) in [4.78, 5) is 0. The highest BCUT2D eigenvalue weighted by atomic mass is 79.9. The zero-order valence-corrected chi connectivity index (χ0v) is 15.4. The molecule has 1 aliphatic heterocycles. The molecule has 0 atom stereocenters. The minimum absolute atomic E-state index is 0.712. The molecule has 122 valence electrons. The maximum absolute atomic E-state index is 6.01. The number of nitrogens with zero attached hydrogens (tertiary/aromatic N) is 2. The number of rotatable bonds is 3. The minimum Gasteiger partial charge on any atom is -0.496 e. The van der Waals surface area contributed by atoms with E-state index >= 15 is 0 Å². The number of aromatic nitrogens is 2. The second-order valence-corrected chi connectivity index (χ2v) is 6.94. The van der Waals surface area contributed by atoms with Crippen molar-refractivity contribution < 1.29 is 4.74 Å². The van der Waals surface area contributed by atoms with Crippen LogP contribution in [0.5, 0.6) is 5.75 Å². The number of methoxy groups -OCH3 is 1. The van der Waals surface area contributed by atoms with Crippen molar-refractivity contribution >= 4 is 33.3 Å². The quantitative estimate of drug-likeness (QED) is 0.672. The molecule has 0 fully saturated rings. The van der Waals surface area contributed by atoms with Gasteiger partial charge < -0.3 is 10.1 Å². The van der Waals surface area contributed by atoms with E-state index in [0.29, 0.717) is 5.02 Å². The molecule has 1 aliphatic rings. The van der Waals surface area contributed by atoms with Gasteiger partial charge in [0.15, 0.2) is 0 Å². The van der Waals surface area contributed by atoms with Gasteiger partial charge in [0.2, 0.25) is 0 Å². The number of hydrogen-bond donors (Lipinski definition) is 1. The van der Waals surface area contributed by atoms with Gasteiger partial charge in [-0.25, -0.2) is 4.68 Å². The summed E-state index contributed by atoms with van der Waals surface area (Å²) in [6.45, 7) is 0.907. The molecule has 0 amide bonds. The van der Waals surface area contributed by atoms with Gasteiger partial charge in [0.1, 0.15) is 17.3 Å². The van der Waals surface area contributed by atoms with Crippen LogP contribution in [0.25, 0.3) is 16.9 Å². The van der Waals surface area contributed by atoms with Gasteiger partial charge in [-0.3, -0.25) is 0 Å². The number of hydrogen-bond acceptors (Lipinski definition) is 3. The zero-order valence-electron chi connectivity index (χ0n) is 13.0. The number of halogens is 2. The number of benzene rings is 2. The van der Waals surface area contributed by atoms with Gasteiger partial charge in [-0.1, -0.05) is 27.5 Å². The smallest absolute Gasteiger partial charge is 0.133 e. The van der Waals surface area contributed by atoms with Crippen LogP contribution in [-0.2, 0) is 6.42 Å². The lowest BCUT2D eigenvalue weighted by molar-refractivity contribution is 0.416. The highest BCUT2D eigenvalue weighted by molar-refractivity contribution is 9.10. The van der Waals surface area contributed by atoms with E-state index in [-0.39, 0.29) is 0 Å². The fourth-order valence-corrected chi connectivity index (χ4v) is 3.51. The fourth-order valence-electron chi connectivity index (χ4n) is 3.03. The molecule has 0 bridgehead atoms. The van der Waals surface area contributed by atoms with Crippen LogP contribution in [-0.4, -0.2) is 23.4 Å². The molecule has 4 rings (SSSR count). The monoisotopic (exact) mass is 403 g/mol. The molecule has 0 saturated carbocycles. The van der Waals surface area contributed by atoms with Gasteiger partial charge in [-0.2, -0.15) is 5.10 Å². The first-order chi connectivity index (χ1) is 11.7. The lowest BCUT2D eigenvalue weighted by Gasteiger charge is -2.08. The van der Waals surface area contributed by atoms with Crippen LogP contribution < -0.4 is 10.1 Å². The molecule has 0 saturated heterocycles. The molecule has 3 aromatic rings. The Morgan fingerprint density at radius 2 is 2.00 bits per heavy atom. The molecule has 0 radical (unpaired) electrons. The summed E-state index contributed by atoms with van der Waals surface area (Å²) in [5.74, 6) is 1.85.